The van der Waals surface area contributed by atoms with Crippen LogP contribution in [0.5, 0.6) is 5.75 Å². The van der Waals surface area contributed by atoms with Gasteiger partial charge in [0.05, 0.1) is 11.2 Å². The van der Waals surface area contributed by atoms with Crippen LogP contribution in [0.3, 0.4) is 0 Å². The van der Waals surface area contributed by atoms with E-state index < -0.39 is 12.5 Å². The third-order valence-corrected chi connectivity index (χ3v) is 3.18. The Hall–Kier alpha value is -3.02. The molecule has 1 N–H and O–H groups in total. The summed E-state index contributed by atoms with van der Waals surface area (Å²) in [7, 11) is 0. The number of hydrogen-bond donors (Lipinski definition) is 1. The molecular weight excluding hydrogens is 302 g/mol. The first-order chi connectivity index (χ1) is 11.1. The van der Waals surface area contributed by atoms with Gasteiger partial charge in [-0.05, 0) is 24.3 Å². The first-order valence-electron chi connectivity index (χ1n) is 6.84. The van der Waals surface area contributed by atoms with Crippen molar-refractivity contribution in [2.24, 2.45) is 0 Å². The van der Waals surface area contributed by atoms with Gasteiger partial charge in [0.25, 0.3) is 5.91 Å². The summed E-state index contributed by atoms with van der Waals surface area (Å²) in [5.41, 5.74) is 1.03. The fraction of sp³-hybridized carbons (Fsp3) is 0.0588. The molecule has 0 aliphatic heterocycles. The summed E-state index contributed by atoms with van der Waals surface area (Å²) in [4.78, 5) is 16.5. The Balaban J connectivity index is 1.86. The van der Waals surface area contributed by atoms with E-state index in [0.717, 1.165) is 5.39 Å². The Morgan fingerprint density at radius 3 is 2.57 bits per heavy atom. The van der Waals surface area contributed by atoms with E-state index in [-0.39, 0.29) is 17.1 Å². The minimum Gasteiger partial charge on any atom is -0.433 e. The highest BCUT2D eigenvalue weighted by Gasteiger charge is 2.13. The lowest BCUT2D eigenvalue weighted by molar-refractivity contribution is -0.0493. The number of nitrogens with zero attached hydrogens (tertiary/aromatic N) is 1. The van der Waals surface area contributed by atoms with Crippen molar-refractivity contribution in [3.05, 3.63) is 66.4 Å². The lowest BCUT2D eigenvalue weighted by Crippen LogP contribution is -2.15. The summed E-state index contributed by atoms with van der Waals surface area (Å²) in [5.74, 6) is -0.599. The molecule has 0 atom stereocenters. The molecule has 1 aromatic heterocycles. The number of nitrogens with one attached hydrogen (secondary N) is 1. The molecule has 0 radical (unpaired) electrons. The van der Waals surface area contributed by atoms with Crippen molar-refractivity contribution >= 4 is 22.5 Å². The molecule has 1 amide bonds. The zero-order valence-corrected chi connectivity index (χ0v) is 11.9. The van der Waals surface area contributed by atoms with Gasteiger partial charge < -0.3 is 10.1 Å². The van der Waals surface area contributed by atoms with Gasteiger partial charge in [0.1, 0.15) is 11.4 Å². The molecule has 4 nitrogen and oxygen atoms in total. The number of amides is 1. The molecule has 3 rings (SSSR count). The van der Waals surface area contributed by atoms with Crippen molar-refractivity contribution in [1.82, 2.24) is 4.98 Å². The smallest absolute Gasteiger partial charge is 0.387 e. The van der Waals surface area contributed by atoms with E-state index >= 15 is 0 Å². The largest absolute Gasteiger partial charge is 0.433 e. The van der Waals surface area contributed by atoms with Crippen molar-refractivity contribution in [3.8, 4) is 5.75 Å². The quantitative estimate of drug-likeness (QED) is 0.789. The van der Waals surface area contributed by atoms with Crippen LogP contribution in [0, 0.1) is 0 Å². The van der Waals surface area contributed by atoms with Crippen LogP contribution < -0.4 is 10.1 Å². The molecule has 0 unspecified atom stereocenters. The van der Waals surface area contributed by atoms with Gasteiger partial charge in [-0.1, -0.05) is 36.4 Å². The molecule has 0 fully saturated rings. The number of alkyl halides is 2. The number of para-hydroxylation sites is 3. The molecule has 116 valence electrons. The maximum atomic E-state index is 12.4. The zero-order chi connectivity index (χ0) is 16.2. The van der Waals surface area contributed by atoms with Crippen LogP contribution in [-0.4, -0.2) is 17.5 Å². The second kappa shape index (κ2) is 6.39. The van der Waals surface area contributed by atoms with E-state index in [9.17, 15) is 13.6 Å². The van der Waals surface area contributed by atoms with Gasteiger partial charge in [0, 0.05) is 5.39 Å². The van der Waals surface area contributed by atoms with Crippen LogP contribution in [0.2, 0.25) is 0 Å². The summed E-state index contributed by atoms with van der Waals surface area (Å²) in [6.07, 6.45) is 0. The number of pyridine rings is 1. The molecule has 23 heavy (non-hydrogen) atoms. The number of halogens is 2. The molecule has 0 spiro atoms. The van der Waals surface area contributed by atoms with E-state index in [2.05, 4.69) is 15.0 Å². The second-order valence-electron chi connectivity index (χ2n) is 4.72. The second-order valence-corrected chi connectivity index (χ2v) is 4.72. The summed E-state index contributed by atoms with van der Waals surface area (Å²) in [6, 6.07) is 16.7. The molecule has 0 saturated heterocycles. The highest BCUT2D eigenvalue weighted by molar-refractivity contribution is 6.04. The SMILES string of the molecule is O=C(Nc1ccccc1OC(F)F)c1ccc2ccccc2n1. The van der Waals surface area contributed by atoms with Crippen LogP contribution in [0.4, 0.5) is 14.5 Å². The van der Waals surface area contributed by atoms with Crippen molar-refractivity contribution in [1.29, 1.82) is 0 Å². The van der Waals surface area contributed by atoms with Crippen LogP contribution in [0.15, 0.2) is 60.7 Å². The summed E-state index contributed by atoms with van der Waals surface area (Å²) in [5, 5.41) is 3.44. The number of aromatic nitrogens is 1. The minimum atomic E-state index is -2.97. The fourth-order valence-electron chi connectivity index (χ4n) is 2.15. The van der Waals surface area contributed by atoms with Gasteiger partial charge in [0.15, 0.2) is 0 Å². The number of rotatable bonds is 4. The number of benzene rings is 2. The molecular formula is C17H12F2N2O2. The number of carbonyl (C=O) groups is 1. The maximum absolute atomic E-state index is 12.4. The molecule has 6 heteroatoms. The molecule has 0 bridgehead atoms. The lowest BCUT2D eigenvalue weighted by atomic mass is 10.2. The summed E-state index contributed by atoms with van der Waals surface area (Å²) < 4.78 is 29.2. The van der Waals surface area contributed by atoms with Crippen LogP contribution >= 0.6 is 0 Å². The molecule has 0 aliphatic rings. The Kier molecular flexibility index (Phi) is 4.14. The summed E-state index contributed by atoms with van der Waals surface area (Å²) in [6.45, 7) is -2.97. The van der Waals surface area contributed by atoms with E-state index in [1.165, 1.54) is 12.1 Å². The Morgan fingerprint density at radius 1 is 1.00 bits per heavy atom. The topological polar surface area (TPSA) is 51.2 Å². The monoisotopic (exact) mass is 314 g/mol. The fourth-order valence-corrected chi connectivity index (χ4v) is 2.15. The average molecular weight is 314 g/mol. The van der Waals surface area contributed by atoms with Crippen LogP contribution in [0.25, 0.3) is 10.9 Å². The van der Waals surface area contributed by atoms with Gasteiger partial charge in [-0.15, -0.1) is 0 Å². The number of anilines is 1. The molecule has 0 aliphatic carbocycles. The van der Waals surface area contributed by atoms with Crippen molar-refractivity contribution in [2.75, 3.05) is 5.32 Å². The lowest BCUT2D eigenvalue weighted by Gasteiger charge is -2.11. The van der Waals surface area contributed by atoms with E-state index in [1.807, 2.05) is 18.2 Å². The highest BCUT2D eigenvalue weighted by Crippen LogP contribution is 2.26. The Bertz CT molecular complexity index is 853. The van der Waals surface area contributed by atoms with E-state index in [4.69, 9.17) is 0 Å². The minimum absolute atomic E-state index is 0.100. The predicted octanol–water partition coefficient (Wildman–Crippen LogP) is 4.09. The highest BCUT2D eigenvalue weighted by atomic mass is 19.3. The van der Waals surface area contributed by atoms with Crippen LogP contribution in [-0.2, 0) is 0 Å². The average Bonchev–Trinajstić information content (AvgIpc) is 2.55. The number of ether oxygens (including phenoxy) is 1. The molecule has 0 saturated carbocycles. The third kappa shape index (κ3) is 3.42. The number of fused-ring (bicyclic) bond motifs is 1. The van der Waals surface area contributed by atoms with E-state index in [1.54, 1.807) is 30.3 Å². The van der Waals surface area contributed by atoms with Gasteiger partial charge in [-0.2, -0.15) is 8.78 Å². The van der Waals surface area contributed by atoms with Crippen LogP contribution in [0.1, 0.15) is 10.5 Å². The van der Waals surface area contributed by atoms with Crippen molar-refractivity contribution in [3.63, 3.8) is 0 Å². The normalized spacial score (nSPS) is 10.7. The molecule has 2 aromatic carbocycles. The van der Waals surface area contributed by atoms with Crippen molar-refractivity contribution in [2.45, 2.75) is 6.61 Å². The van der Waals surface area contributed by atoms with Gasteiger partial charge in [0.2, 0.25) is 0 Å². The Labute approximate surface area is 130 Å². The standard InChI is InChI=1S/C17H12F2N2O2/c18-17(19)23-15-8-4-3-7-13(15)21-16(22)14-10-9-11-5-1-2-6-12(11)20-14/h1-10,17H,(H,21,22). The Morgan fingerprint density at radius 2 is 1.74 bits per heavy atom. The zero-order valence-electron chi connectivity index (χ0n) is 11.9. The van der Waals surface area contributed by atoms with Gasteiger partial charge in [-0.3, -0.25) is 4.79 Å². The third-order valence-electron chi connectivity index (χ3n) is 3.18. The molecule has 3 aromatic rings. The first-order valence-corrected chi connectivity index (χ1v) is 6.84. The molecule has 1 heterocycles. The maximum Gasteiger partial charge on any atom is 0.387 e. The summed E-state index contributed by atoms with van der Waals surface area (Å²) >= 11 is 0. The van der Waals surface area contributed by atoms with Crippen molar-refractivity contribution < 1.29 is 18.3 Å². The first kappa shape index (κ1) is 14.9. The van der Waals surface area contributed by atoms with Gasteiger partial charge >= 0.3 is 6.61 Å². The predicted molar refractivity (Wildman–Crippen MR) is 82.8 cm³/mol. The van der Waals surface area contributed by atoms with E-state index in [0.29, 0.717) is 5.52 Å². The van der Waals surface area contributed by atoms with Gasteiger partial charge in [-0.25, -0.2) is 4.98 Å². The number of carbonyl (C=O) groups excluding carboxylic acids is 1. The number of hydrogen-bond acceptors (Lipinski definition) is 3.